The highest BCUT2D eigenvalue weighted by molar-refractivity contribution is 5.94. The van der Waals surface area contributed by atoms with Crippen LogP contribution in [-0.2, 0) is 12.8 Å². The van der Waals surface area contributed by atoms with Gasteiger partial charge in [-0.15, -0.1) is 0 Å². The van der Waals surface area contributed by atoms with Crippen molar-refractivity contribution in [1.29, 1.82) is 0 Å². The maximum Gasteiger partial charge on any atom is 0.133 e. The van der Waals surface area contributed by atoms with E-state index in [9.17, 15) is 0 Å². The summed E-state index contributed by atoms with van der Waals surface area (Å²) in [4.78, 5) is 0. The van der Waals surface area contributed by atoms with Crippen molar-refractivity contribution in [2.75, 3.05) is 13.2 Å². The summed E-state index contributed by atoms with van der Waals surface area (Å²) in [5.41, 5.74) is 3.69. The van der Waals surface area contributed by atoms with E-state index < -0.39 is 0 Å². The van der Waals surface area contributed by atoms with Gasteiger partial charge in [-0.2, -0.15) is 0 Å². The minimum absolute atomic E-state index is 0.639. The van der Waals surface area contributed by atoms with Crippen LogP contribution in [0.3, 0.4) is 0 Å². The summed E-state index contributed by atoms with van der Waals surface area (Å²) in [6.45, 7) is 3.38. The minimum atomic E-state index is 0.639. The third-order valence-corrected chi connectivity index (χ3v) is 5.13. The molecule has 4 rings (SSSR count). The summed E-state index contributed by atoms with van der Waals surface area (Å²) < 4.78 is 12.5. The van der Waals surface area contributed by atoms with Crippen LogP contribution in [0.15, 0.2) is 91.0 Å². The standard InChI is InChI=1S/C27H26O2/c1-21-15-16-24-13-8-14-25(28-19-17-22-9-4-2-5-10-22)26(24)27(21)29-20-18-23-11-6-3-7-12-23/h2-16H,17-20H2,1H3. The van der Waals surface area contributed by atoms with Crippen LogP contribution in [0.1, 0.15) is 16.7 Å². The molecule has 0 atom stereocenters. The van der Waals surface area contributed by atoms with Crippen LogP contribution in [-0.4, -0.2) is 13.2 Å². The van der Waals surface area contributed by atoms with Gasteiger partial charge in [0.25, 0.3) is 0 Å². The van der Waals surface area contributed by atoms with Crippen molar-refractivity contribution < 1.29 is 9.47 Å². The molecule has 4 aromatic rings. The fraction of sp³-hybridized carbons (Fsp3) is 0.185. The van der Waals surface area contributed by atoms with E-state index in [0.29, 0.717) is 13.2 Å². The molecule has 0 spiro atoms. The van der Waals surface area contributed by atoms with E-state index in [2.05, 4.69) is 73.7 Å². The molecule has 4 aromatic carbocycles. The highest BCUT2D eigenvalue weighted by atomic mass is 16.5. The molecule has 29 heavy (non-hydrogen) atoms. The average molecular weight is 383 g/mol. The lowest BCUT2D eigenvalue weighted by atomic mass is 10.0. The summed E-state index contributed by atoms with van der Waals surface area (Å²) >= 11 is 0. The smallest absolute Gasteiger partial charge is 0.133 e. The number of hydrogen-bond donors (Lipinski definition) is 0. The first-order chi connectivity index (χ1) is 14.3. The van der Waals surface area contributed by atoms with Gasteiger partial charge < -0.3 is 9.47 Å². The van der Waals surface area contributed by atoms with Crippen LogP contribution in [0, 0.1) is 6.92 Å². The van der Waals surface area contributed by atoms with Crippen molar-refractivity contribution in [1.82, 2.24) is 0 Å². The van der Waals surface area contributed by atoms with Crippen molar-refractivity contribution in [3.8, 4) is 11.5 Å². The van der Waals surface area contributed by atoms with Gasteiger partial charge in [0.1, 0.15) is 11.5 Å². The number of benzene rings is 4. The monoisotopic (exact) mass is 382 g/mol. The molecule has 2 nitrogen and oxygen atoms in total. The largest absolute Gasteiger partial charge is 0.492 e. The summed E-state index contributed by atoms with van der Waals surface area (Å²) in [7, 11) is 0. The van der Waals surface area contributed by atoms with Crippen LogP contribution >= 0.6 is 0 Å². The zero-order valence-electron chi connectivity index (χ0n) is 16.8. The normalized spacial score (nSPS) is 10.8. The Morgan fingerprint density at radius 1 is 0.586 bits per heavy atom. The van der Waals surface area contributed by atoms with Gasteiger partial charge in [0.05, 0.1) is 18.6 Å². The summed E-state index contributed by atoms with van der Waals surface area (Å²) in [5, 5.41) is 2.20. The third-order valence-electron chi connectivity index (χ3n) is 5.13. The molecule has 0 aliphatic carbocycles. The molecule has 0 saturated heterocycles. The molecule has 0 N–H and O–H groups in total. The lowest BCUT2D eigenvalue weighted by Crippen LogP contribution is -2.05. The Morgan fingerprint density at radius 3 is 1.86 bits per heavy atom. The van der Waals surface area contributed by atoms with Crippen LogP contribution < -0.4 is 9.47 Å². The molecule has 0 unspecified atom stereocenters. The number of rotatable bonds is 8. The Kier molecular flexibility index (Phi) is 6.11. The van der Waals surface area contributed by atoms with E-state index in [-0.39, 0.29) is 0 Å². The molecule has 0 saturated carbocycles. The van der Waals surface area contributed by atoms with Gasteiger partial charge >= 0.3 is 0 Å². The summed E-state index contributed by atoms with van der Waals surface area (Å²) in [6.07, 6.45) is 1.76. The quantitative estimate of drug-likeness (QED) is 0.351. The predicted octanol–water partition coefficient (Wildman–Crippen LogP) is 6.39. The SMILES string of the molecule is Cc1ccc2cccc(OCCc3ccccc3)c2c1OCCc1ccccc1. The first-order valence-corrected chi connectivity index (χ1v) is 10.2. The third kappa shape index (κ3) is 4.78. The predicted molar refractivity (Wildman–Crippen MR) is 120 cm³/mol. The second-order valence-corrected chi connectivity index (χ2v) is 7.23. The molecule has 0 aliphatic heterocycles. The summed E-state index contributed by atoms with van der Waals surface area (Å²) in [6, 6.07) is 31.3. The Balaban J connectivity index is 1.52. The van der Waals surface area contributed by atoms with Gasteiger partial charge in [-0.1, -0.05) is 84.9 Å². The van der Waals surface area contributed by atoms with Gasteiger partial charge in [0.15, 0.2) is 0 Å². The second kappa shape index (κ2) is 9.29. The topological polar surface area (TPSA) is 18.5 Å². The van der Waals surface area contributed by atoms with E-state index in [1.807, 2.05) is 24.3 Å². The average Bonchev–Trinajstić information content (AvgIpc) is 2.77. The highest BCUT2D eigenvalue weighted by Crippen LogP contribution is 2.36. The molecule has 0 heterocycles. The Bertz CT molecular complexity index is 1060. The first-order valence-electron chi connectivity index (χ1n) is 10.2. The lowest BCUT2D eigenvalue weighted by Gasteiger charge is -2.16. The number of hydrogen-bond acceptors (Lipinski definition) is 2. The molecule has 0 bridgehead atoms. The van der Waals surface area contributed by atoms with Gasteiger partial charge in [0, 0.05) is 12.8 Å². The van der Waals surface area contributed by atoms with Crippen molar-refractivity contribution in [3.05, 3.63) is 108 Å². The van der Waals surface area contributed by atoms with E-state index in [1.54, 1.807) is 0 Å². The fourth-order valence-corrected chi connectivity index (χ4v) is 3.56. The maximum absolute atomic E-state index is 6.28. The van der Waals surface area contributed by atoms with E-state index >= 15 is 0 Å². The highest BCUT2D eigenvalue weighted by Gasteiger charge is 2.12. The summed E-state index contributed by atoms with van der Waals surface area (Å²) in [5.74, 6) is 1.81. The molecule has 0 aliphatic rings. The van der Waals surface area contributed by atoms with Crippen molar-refractivity contribution in [2.45, 2.75) is 19.8 Å². The molecule has 2 heteroatoms. The molecule has 146 valence electrons. The van der Waals surface area contributed by atoms with Gasteiger partial charge in [0.2, 0.25) is 0 Å². The van der Waals surface area contributed by atoms with E-state index in [1.165, 1.54) is 11.1 Å². The van der Waals surface area contributed by atoms with Crippen LogP contribution in [0.4, 0.5) is 0 Å². The van der Waals surface area contributed by atoms with Crippen LogP contribution in [0.5, 0.6) is 11.5 Å². The van der Waals surface area contributed by atoms with Gasteiger partial charge in [-0.25, -0.2) is 0 Å². The second-order valence-electron chi connectivity index (χ2n) is 7.23. The fourth-order valence-electron chi connectivity index (χ4n) is 3.56. The Hall–Kier alpha value is -3.26. The number of aryl methyl sites for hydroxylation is 1. The zero-order valence-corrected chi connectivity index (χ0v) is 16.8. The van der Waals surface area contributed by atoms with Crippen LogP contribution in [0.2, 0.25) is 0 Å². The van der Waals surface area contributed by atoms with Gasteiger partial charge in [-0.3, -0.25) is 0 Å². The Morgan fingerprint density at radius 2 is 1.21 bits per heavy atom. The molecule has 0 aromatic heterocycles. The molecule has 0 radical (unpaired) electrons. The molecule has 0 amide bonds. The lowest BCUT2D eigenvalue weighted by molar-refractivity contribution is 0.313. The molecule has 0 fully saturated rings. The minimum Gasteiger partial charge on any atom is -0.492 e. The van der Waals surface area contributed by atoms with Crippen molar-refractivity contribution in [3.63, 3.8) is 0 Å². The molecular formula is C27H26O2. The number of fused-ring (bicyclic) bond motifs is 1. The van der Waals surface area contributed by atoms with E-state index in [4.69, 9.17) is 9.47 Å². The van der Waals surface area contributed by atoms with Crippen LogP contribution in [0.25, 0.3) is 10.8 Å². The van der Waals surface area contributed by atoms with Crippen molar-refractivity contribution in [2.24, 2.45) is 0 Å². The molecular weight excluding hydrogens is 356 g/mol. The van der Waals surface area contributed by atoms with Crippen molar-refractivity contribution >= 4 is 10.8 Å². The maximum atomic E-state index is 6.28. The zero-order chi connectivity index (χ0) is 19.9. The van der Waals surface area contributed by atoms with Gasteiger partial charge in [-0.05, 0) is 35.1 Å². The van der Waals surface area contributed by atoms with E-state index in [0.717, 1.165) is 40.7 Å². The Labute approximate surface area is 172 Å². The first kappa shape index (κ1) is 19.1. The number of ether oxygens (including phenoxy) is 2.